The van der Waals surface area contributed by atoms with Crippen LogP contribution >= 0.6 is 11.8 Å². The Hall–Kier alpha value is -3.34. The van der Waals surface area contributed by atoms with Crippen LogP contribution in [-0.2, 0) is 9.59 Å². The monoisotopic (exact) mass is 400 g/mol. The quantitative estimate of drug-likeness (QED) is 0.422. The van der Waals surface area contributed by atoms with Gasteiger partial charge >= 0.3 is 0 Å². The first kappa shape index (κ1) is 19.4. The van der Waals surface area contributed by atoms with Gasteiger partial charge in [0.1, 0.15) is 0 Å². The van der Waals surface area contributed by atoms with E-state index in [1.807, 2.05) is 19.9 Å². The number of carbonyl (C=O) groups is 2. The lowest BCUT2D eigenvalue weighted by Gasteiger charge is -2.07. The van der Waals surface area contributed by atoms with Gasteiger partial charge in [-0.3, -0.25) is 9.59 Å². The van der Waals surface area contributed by atoms with Crippen molar-refractivity contribution in [1.82, 2.24) is 24.7 Å². The first-order valence-corrected chi connectivity index (χ1v) is 9.36. The molecule has 3 aromatic rings. The fourth-order valence-corrected chi connectivity index (χ4v) is 3.16. The molecule has 10 nitrogen and oxygen atoms in total. The van der Waals surface area contributed by atoms with E-state index < -0.39 is 0 Å². The summed E-state index contributed by atoms with van der Waals surface area (Å²) in [6.45, 7) is 5.21. The summed E-state index contributed by atoms with van der Waals surface area (Å²) in [5.41, 5.74) is 3.01. The number of carbonyl (C=O) groups excluding carboxylic acids is 2. The number of benzene rings is 1. The highest BCUT2D eigenvalue weighted by Gasteiger charge is 2.16. The minimum atomic E-state index is -0.215. The van der Waals surface area contributed by atoms with Gasteiger partial charge in [-0.05, 0) is 44.2 Å². The molecule has 1 aromatic carbocycles. The van der Waals surface area contributed by atoms with E-state index in [-0.39, 0.29) is 17.6 Å². The minimum Gasteiger partial charge on any atom is -0.334 e. The van der Waals surface area contributed by atoms with Crippen molar-refractivity contribution >= 4 is 35.0 Å². The SMILES string of the molecule is CC(=O)Nc1ccc(NC(=O)CSc2nnc(-n3nc(C)cc3C)n2N)cc1. The van der Waals surface area contributed by atoms with Crippen LogP contribution in [0.3, 0.4) is 0 Å². The van der Waals surface area contributed by atoms with Crippen molar-refractivity contribution in [2.75, 3.05) is 22.2 Å². The van der Waals surface area contributed by atoms with Crippen LogP contribution in [0.1, 0.15) is 18.3 Å². The fraction of sp³-hybridized carbons (Fsp3) is 0.235. The lowest BCUT2D eigenvalue weighted by Crippen LogP contribution is -2.18. The first-order chi connectivity index (χ1) is 13.3. The predicted molar refractivity (Wildman–Crippen MR) is 107 cm³/mol. The van der Waals surface area contributed by atoms with Crippen molar-refractivity contribution in [3.05, 3.63) is 41.7 Å². The van der Waals surface area contributed by atoms with Crippen LogP contribution in [0, 0.1) is 13.8 Å². The van der Waals surface area contributed by atoms with Crippen LogP contribution in [0.25, 0.3) is 5.95 Å². The maximum Gasteiger partial charge on any atom is 0.271 e. The topological polar surface area (TPSA) is 133 Å². The molecule has 4 N–H and O–H groups in total. The summed E-state index contributed by atoms with van der Waals surface area (Å²) in [5.74, 6) is 6.17. The second-order valence-corrected chi connectivity index (χ2v) is 7.03. The third-order valence-corrected chi connectivity index (χ3v) is 4.61. The molecule has 3 rings (SSSR count). The van der Waals surface area contributed by atoms with Crippen LogP contribution in [-0.4, -0.2) is 42.2 Å². The molecule has 0 saturated heterocycles. The number of hydrogen-bond acceptors (Lipinski definition) is 7. The summed E-state index contributed by atoms with van der Waals surface area (Å²) in [4.78, 5) is 23.2. The molecule has 2 aromatic heterocycles. The van der Waals surface area contributed by atoms with Crippen molar-refractivity contribution in [2.45, 2.75) is 25.9 Å². The molecule has 0 unspecified atom stereocenters. The summed E-state index contributed by atoms with van der Waals surface area (Å²) in [5, 5.41) is 18.3. The van der Waals surface area contributed by atoms with Gasteiger partial charge < -0.3 is 16.5 Å². The summed E-state index contributed by atoms with van der Waals surface area (Å²) in [6.07, 6.45) is 0. The number of nitrogen functional groups attached to an aromatic ring is 1. The first-order valence-electron chi connectivity index (χ1n) is 8.38. The highest BCUT2D eigenvalue weighted by molar-refractivity contribution is 7.99. The Labute approximate surface area is 165 Å². The zero-order chi connectivity index (χ0) is 20.3. The maximum atomic E-state index is 12.2. The Bertz CT molecular complexity index is 1010. The predicted octanol–water partition coefficient (Wildman–Crippen LogP) is 1.48. The number of nitrogens with zero attached hydrogens (tertiary/aromatic N) is 5. The molecule has 2 amide bonds. The molecular weight excluding hydrogens is 380 g/mol. The summed E-state index contributed by atoms with van der Waals surface area (Å²) >= 11 is 1.17. The number of aryl methyl sites for hydroxylation is 2. The van der Waals surface area contributed by atoms with E-state index in [2.05, 4.69) is 25.9 Å². The summed E-state index contributed by atoms with van der Waals surface area (Å²) < 4.78 is 2.91. The second kappa shape index (κ2) is 8.13. The van der Waals surface area contributed by atoms with E-state index in [9.17, 15) is 9.59 Å². The van der Waals surface area contributed by atoms with Gasteiger partial charge in [0.05, 0.1) is 11.4 Å². The van der Waals surface area contributed by atoms with Crippen molar-refractivity contribution in [3.63, 3.8) is 0 Å². The van der Waals surface area contributed by atoms with Gasteiger partial charge in [-0.2, -0.15) is 5.10 Å². The molecule has 2 heterocycles. The lowest BCUT2D eigenvalue weighted by molar-refractivity contribution is -0.114. The average Bonchev–Trinajstić information content (AvgIpc) is 3.15. The van der Waals surface area contributed by atoms with Gasteiger partial charge in [0.15, 0.2) is 0 Å². The smallest absolute Gasteiger partial charge is 0.271 e. The highest BCUT2D eigenvalue weighted by atomic mass is 32.2. The average molecular weight is 400 g/mol. The van der Waals surface area contributed by atoms with Gasteiger partial charge in [-0.15, -0.1) is 10.2 Å². The summed E-state index contributed by atoms with van der Waals surface area (Å²) in [7, 11) is 0. The molecule has 0 aliphatic heterocycles. The Kier molecular flexibility index (Phi) is 5.64. The zero-order valence-electron chi connectivity index (χ0n) is 15.6. The van der Waals surface area contributed by atoms with Gasteiger partial charge in [0.25, 0.3) is 5.95 Å². The fourth-order valence-electron chi connectivity index (χ4n) is 2.51. The molecule has 0 fully saturated rings. The second-order valence-electron chi connectivity index (χ2n) is 6.09. The standard InChI is InChI=1S/C17H20N8O2S/c1-10-8-11(2)25(23-10)16-21-22-17(24(16)18)28-9-15(27)20-14-6-4-13(5-7-14)19-12(3)26/h4-8H,9,18H2,1-3H3,(H,19,26)(H,20,27). The molecule has 0 aliphatic rings. The van der Waals surface area contributed by atoms with E-state index in [0.29, 0.717) is 22.5 Å². The number of rotatable bonds is 6. The Morgan fingerprint density at radius 2 is 1.75 bits per heavy atom. The molecule has 0 aliphatic carbocycles. The normalized spacial score (nSPS) is 10.7. The largest absolute Gasteiger partial charge is 0.334 e. The lowest BCUT2D eigenvalue weighted by atomic mass is 10.3. The van der Waals surface area contributed by atoms with Crippen molar-refractivity contribution in [1.29, 1.82) is 0 Å². The van der Waals surface area contributed by atoms with Gasteiger partial charge in [0.2, 0.25) is 17.0 Å². The zero-order valence-corrected chi connectivity index (χ0v) is 16.4. The number of hydrogen-bond donors (Lipinski definition) is 3. The van der Waals surface area contributed by atoms with Gasteiger partial charge in [-0.1, -0.05) is 11.8 Å². The number of amides is 2. The molecule has 146 valence electrons. The molecule has 0 spiro atoms. The van der Waals surface area contributed by atoms with Crippen LogP contribution < -0.4 is 16.5 Å². The van der Waals surface area contributed by atoms with Crippen molar-refractivity contribution in [3.8, 4) is 5.95 Å². The van der Waals surface area contributed by atoms with E-state index in [1.165, 1.54) is 23.4 Å². The Morgan fingerprint density at radius 1 is 1.11 bits per heavy atom. The molecule has 0 saturated carbocycles. The number of aromatic nitrogens is 5. The molecule has 28 heavy (non-hydrogen) atoms. The van der Waals surface area contributed by atoms with Gasteiger partial charge in [0, 0.05) is 24.0 Å². The van der Waals surface area contributed by atoms with E-state index in [1.54, 1.807) is 28.9 Å². The van der Waals surface area contributed by atoms with Crippen molar-refractivity contribution < 1.29 is 9.59 Å². The number of thioether (sulfide) groups is 1. The van der Waals surface area contributed by atoms with Crippen LogP contribution in [0.5, 0.6) is 0 Å². The molecule has 0 radical (unpaired) electrons. The van der Waals surface area contributed by atoms with Crippen LogP contribution in [0.15, 0.2) is 35.5 Å². The van der Waals surface area contributed by atoms with Crippen LogP contribution in [0.4, 0.5) is 11.4 Å². The Balaban J connectivity index is 1.59. The minimum absolute atomic E-state index is 0.111. The number of nitrogens with two attached hydrogens (primary N) is 1. The van der Waals surface area contributed by atoms with E-state index in [4.69, 9.17) is 5.84 Å². The van der Waals surface area contributed by atoms with E-state index in [0.717, 1.165) is 11.4 Å². The molecule has 0 atom stereocenters. The maximum absolute atomic E-state index is 12.2. The van der Waals surface area contributed by atoms with Crippen LogP contribution in [0.2, 0.25) is 0 Å². The summed E-state index contributed by atoms with van der Waals surface area (Å²) in [6, 6.07) is 8.75. The molecular formula is C17H20N8O2S. The molecule has 0 bridgehead atoms. The Morgan fingerprint density at radius 3 is 2.32 bits per heavy atom. The van der Waals surface area contributed by atoms with Crippen molar-refractivity contribution in [2.24, 2.45) is 0 Å². The highest BCUT2D eigenvalue weighted by Crippen LogP contribution is 2.19. The number of nitrogens with one attached hydrogen (secondary N) is 2. The molecule has 11 heteroatoms. The van der Waals surface area contributed by atoms with Gasteiger partial charge in [-0.25, -0.2) is 9.36 Å². The third-order valence-electron chi connectivity index (χ3n) is 3.67. The number of anilines is 2. The third kappa shape index (κ3) is 4.49. The van der Waals surface area contributed by atoms with E-state index >= 15 is 0 Å².